The van der Waals surface area contributed by atoms with Crippen LogP contribution in [-0.4, -0.2) is 39.5 Å². The number of methoxy groups -OCH3 is 2. The maximum atomic E-state index is 14.4. The molecule has 0 aliphatic carbocycles. The molecule has 2 aromatic carbocycles. The standard InChI is InChI=1S/C21H15BrF5NO6/c1-31-19(29)11-8-33-9-28(16(11)20(30)32-2)15-5-3-4-12(22)17(15)34-18-13(23)6-10(7-14(18)24)21(25,26)27/h3-7H,8-9H2,1-2H3. The average molecular weight is 552 g/mol. The van der Waals surface area contributed by atoms with E-state index in [4.69, 9.17) is 14.2 Å². The van der Waals surface area contributed by atoms with Crippen LogP contribution in [0.3, 0.4) is 0 Å². The van der Waals surface area contributed by atoms with E-state index in [0.29, 0.717) is 0 Å². The maximum Gasteiger partial charge on any atom is 0.416 e. The molecule has 0 unspecified atom stereocenters. The molecule has 182 valence electrons. The number of hydrogen-bond donors (Lipinski definition) is 0. The second kappa shape index (κ2) is 9.97. The van der Waals surface area contributed by atoms with Gasteiger partial charge in [0.1, 0.15) is 12.4 Å². The van der Waals surface area contributed by atoms with Gasteiger partial charge in [-0.15, -0.1) is 0 Å². The lowest BCUT2D eigenvalue weighted by atomic mass is 10.1. The Balaban J connectivity index is 2.15. The van der Waals surface area contributed by atoms with Crippen LogP contribution >= 0.6 is 15.9 Å². The lowest BCUT2D eigenvalue weighted by molar-refractivity contribution is -0.140. The second-order valence-electron chi connectivity index (χ2n) is 6.67. The van der Waals surface area contributed by atoms with E-state index in [1.165, 1.54) is 18.2 Å². The van der Waals surface area contributed by atoms with Crippen LogP contribution in [0.4, 0.5) is 27.6 Å². The Morgan fingerprint density at radius 3 is 2.21 bits per heavy atom. The van der Waals surface area contributed by atoms with E-state index in [0.717, 1.165) is 19.1 Å². The Morgan fingerprint density at radius 1 is 1.03 bits per heavy atom. The second-order valence-corrected chi connectivity index (χ2v) is 7.53. The number of carbonyl (C=O) groups excluding carboxylic acids is 2. The fraction of sp³-hybridized carbons (Fsp3) is 0.238. The SMILES string of the molecule is COC(=O)C1=C(C(=O)OC)N(c2cccc(Br)c2Oc2c(F)cc(C(F)(F)F)cc2F)COC1. The Hall–Kier alpha value is -3.19. The van der Waals surface area contributed by atoms with Gasteiger partial charge in [-0.05, 0) is 40.2 Å². The molecule has 0 amide bonds. The highest BCUT2D eigenvalue weighted by Crippen LogP contribution is 2.43. The van der Waals surface area contributed by atoms with Gasteiger partial charge in [-0.25, -0.2) is 18.4 Å². The Kier molecular flexibility index (Phi) is 7.46. The predicted octanol–water partition coefficient (Wildman–Crippen LogP) is 4.93. The van der Waals surface area contributed by atoms with Gasteiger partial charge in [0.05, 0.1) is 42.1 Å². The largest absolute Gasteiger partial charge is 0.466 e. The smallest absolute Gasteiger partial charge is 0.416 e. The molecule has 3 rings (SSSR count). The molecular formula is C21H15BrF5NO6. The maximum absolute atomic E-state index is 14.4. The number of hydrogen-bond acceptors (Lipinski definition) is 7. The van der Waals surface area contributed by atoms with E-state index in [1.807, 2.05) is 0 Å². The van der Waals surface area contributed by atoms with Gasteiger partial charge in [0.25, 0.3) is 0 Å². The van der Waals surface area contributed by atoms with Crippen LogP contribution in [0.5, 0.6) is 11.5 Å². The molecular weight excluding hydrogens is 537 g/mol. The molecule has 34 heavy (non-hydrogen) atoms. The molecule has 0 aromatic heterocycles. The van der Waals surface area contributed by atoms with Crippen LogP contribution in [0.15, 0.2) is 46.1 Å². The molecule has 0 N–H and O–H groups in total. The molecule has 2 aromatic rings. The summed E-state index contributed by atoms with van der Waals surface area (Å²) in [6, 6.07) is 4.45. The minimum absolute atomic E-state index is 0.0189. The van der Waals surface area contributed by atoms with E-state index < -0.39 is 41.1 Å². The van der Waals surface area contributed by atoms with Crippen molar-refractivity contribution in [2.75, 3.05) is 32.5 Å². The van der Waals surface area contributed by atoms with Gasteiger partial charge in [0.2, 0.25) is 0 Å². The minimum atomic E-state index is -4.98. The number of nitrogens with zero attached hydrogens (tertiary/aromatic N) is 1. The van der Waals surface area contributed by atoms with Gasteiger partial charge in [-0.3, -0.25) is 0 Å². The first-order valence-electron chi connectivity index (χ1n) is 9.27. The van der Waals surface area contributed by atoms with E-state index in [1.54, 1.807) is 0 Å². The molecule has 13 heteroatoms. The lowest BCUT2D eigenvalue weighted by Crippen LogP contribution is -2.39. The van der Waals surface area contributed by atoms with Gasteiger partial charge >= 0.3 is 18.1 Å². The summed E-state index contributed by atoms with van der Waals surface area (Å²) in [4.78, 5) is 25.8. The Bertz CT molecular complexity index is 1140. The number of para-hydroxylation sites is 1. The summed E-state index contributed by atoms with van der Waals surface area (Å²) < 4.78 is 87.8. The third-order valence-corrected chi connectivity index (χ3v) is 5.22. The summed E-state index contributed by atoms with van der Waals surface area (Å²) in [5.41, 5.74) is -2.03. The first-order valence-corrected chi connectivity index (χ1v) is 10.1. The quantitative estimate of drug-likeness (QED) is 0.385. The summed E-state index contributed by atoms with van der Waals surface area (Å²) in [6.45, 7) is -0.602. The van der Waals surface area contributed by atoms with Crippen molar-refractivity contribution in [1.82, 2.24) is 0 Å². The number of anilines is 1. The van der Waals surface area contributed by atoms with Crippen molar-refractivity contribution >= 4 is 33.6 Å². The van der Waals surface area contributed by atoms with Gasteiger partial charge < -0.3 is 23.8 Å². The molecule has 0 radical (unpaired) electrons. The molecule has 0 saturated heterocycles. The van der Waals surface area contributed by atoms with Crippen molar-refractivity contribution in [1.29, 1.82) is 0 Å². The van der Waals surface area contributed by atoms with Crippen molar-refractivity contribution in [2.24, 2.45) is 0 Å². The molecule has 7 nitrogen and oxygen atoms in total. The first-order chi connectivity index (χ1) is 16.0. The van der Waals surface area contributed by atoms with Gasteiger partial charge in [0, 0.05) is 0 Å². The van der Waals surface area contributed by atoms with Crippen LogP contribution in [0.25, 0.3) is 0 Å². The number of halogens is 6. The van der Waals surface area contributed by atoms with Crippen LogP contribution in [0.2, 0.25) is 0 Å². The predicted molar refractivity (Wildman–Crippen MR) is 110 cm³/mol. The van der Waals surface area contributed by atoms with Crippen molar-refractivity contribution in [2.45, 2.75) is 6.18 Å². The fourth-order valence-corrected chi connectivity index (χ4v) is 3.50. The third-order valence-electron chi connectivity index (χ3n) is 4.60. The average Bonchev–Trinajstić information content (AvgIpc) is 2.79. The van der Waals surface area contributed by atoms with Crippen molar-refractivity contribution < 1.29 is 50.5 Å². The molecule has 1 heterocycles. The molecule has 0 fully saturated rings. The van der Waals surface area contributed by atoms with Crippen LogP contribution in [-0.2, 0) is 30.0 Å². The highest BCUT2D eigenvalue weighted by Gasteiger charge is 2.36. The number of alkyl halides is 3. The molecule has 0 bridgehead atoms. The lowest BCUT2D eigenvalue weighted by Gasteiger charge is -2.32. The summed E-state index contributed by atoms with van der Waals surface area (Å²) in [7, 11) is 2.16. The summed E-state index contributed by atoms with van der Waals surface area (Å²) >= 11 is 3.16. The van der Waals surface area contributed by atoms with Gasteiger partial charge in [-0.2, -0.15) is 13.2 Å². The zero-order valence-electron chi connectivity index (χ0n) is 17.5. The van der Waals surface area contributed by atoms with Crippen LogP contribution in [0.1, 0.15) is 5.56 Å². The zero-order valence-corrected chi connectivity index (χ0v) is 19.1. The third kappa shape index (κ3) is 4.99. The number of carbonyl (C=O) groups is 2. The molecule has 0 saturated carbocycles. The fourth-order valence-electron chi connectivity index (χ4n) is 3.07. The Morgan fingerprint density at radius 2 is 1.65 bits per heavy atom. The number of ether oxygens (including phenoxy) is 4. The van der Waals surface area contributed by atoms with E-state index >= 15 is 0 Å². The molecule has 1 aliphatic heterocycles. The summed E-state index contributed by atoms with van der Waals surface area (Å²) in [6.07, 6.45) is -4.98. The normalized spacial score (nSPS) is 14.2. The van der Waals surface area contributed by atoms with E-state index in [9.17, 15) is 31.5 Å². The van der Waals surface area contributed by atoms with Crippen molar-refractivity contribution in [3.05, 3.63) is 63.3 Å². The minimum Gasteiger partial charge on any atom is -0.466 e. The molecule has 0 spiro atoms. The number of rotatable bonds is 5. The van der Waals surface area contributed by atoms with E-state index in [-0.39, 0.29) is 52.7 Å². The summed E-state index contributed by atoms with van der Waals surface area (Å²) in [5, 5.41) is 0. The van der Waals surface area contributed by atoms with E-state index in [2.05, 4.69) is 20.7 Å². The van der Waals surface area contributed by atoms with Gasteiger partial charge in [-0.1, -0.05) is 6.07 Å². The number of esters is 2. The molecule has 0 atom stereocenters. The number of benzene rings is 2. The monoisotopic (exact) mass is 551 g/mol. The van der Waals surface area contributed by atoms with Crippen LogP contribution in [0, 0.1) is 11.6 Å². The molecule has 1 aliphatic rings. The highest BCUT2D eigenvalue weighted by molar-refractivity contribution is 9.10. The van der Waals surface area contributed by atoms with Gasteiger partial charge in [0.15, 0.2) is 23.1 Å². The van der Waals surface area contributed by atoms with Crippen molar-refractivity contribution in [3.8, 4) is 11.5 Å². The highest BCUT2D eigenvalue weighted by atomic mass is 79.9. The zero-order chi connectivity index (χ0) is 25.2. The Labute approximate surface area is 197 Å². The topological polar surface area (TPSA) is 74.3 Å². The first kappa shape index (κ1) is 25.4. The summed E-state index contributed by atoms with van der Waals surface area (Å²) in [5.74, 6) is -6.44. The van der Waals surface area contributed by atoms with Crippen molar-refractivity contribution in [3.63, 3.8) is 0 Å². The van der Waals surface area contributed by atoms with Crippen LogP contribution < -0.4 is 9.64 Å².